The molecule has 0 saturated carbocycles. The minimum atomic E-state index is -0.0890. The first-order valence-corrected chi connectivity index (χ1v) is 10.3. The van der Waals surface area contributed by atoms with Gasteiger partial charge in [0.1, 0.15) is 5.75 Å². The molecule has 0 unspecified atom stereocenters. The largest absolute Gasteiger partial charge is 0.491 e. The second-order valence-electron chi connectivity index (χ2n) is 6.75. The summed E-state index contributed by atoms with van der Waals surface area (Å²) in [6.45, 7) is 3.99. The minimum absolute atomic E-state index is 0.0890. The minimum Gasteiger partial charge on any atom is -0.491 e. The molecule has 0 atom stereocenters. The van der Waals surface area contributed by atoms with Crippen molar-refractivity contribution in [3.05, 3.63) is 77.2 Å². The second-order valence-corrected chi connectivity index (χ2v) is 8.43. The van der Waals surface area contributed by atoms with Gasteiger partial charge in [0.15, 0.2) is 4.32 Å². The molecule has 1 saturated heterocycles. The van der Waals surface area contributed by atoms with E-state index in [0.717, 1.165) is 27.8 Å². The summed E-state index contributed by atoms with van der Waals surface area (Å²) in [5.74, 6) is 0.726. The van der Waals surface area contributed by atoms with Gasteiger partial charge in [-0.3, -0.25) is 9.69 Å². The Morgan fingerprint density at radius 3 is 2.46 bits per heavy atom. The molecule has 1 heterocycles. The van der Waals surface area contributed by atoms with Crippen LogP contribution in [0.1, 0.15) is 19.4 Å². The molecule has 5 heteroatoms. The summed E-state index contributed by atoms with van der Waals surface area (Å²) in [4.78, 5) is 15.4. The molecule has 0 bridgehead atoms. The van der Waals surface area contributed by atoms with E-state index in [1.807, 2.05) is 86.7 Å². The van der Waals surface area contributed by atoms with Crippen molar-refractivity contribution in [2.75, 3.05) is 4.90 Å². The molecule has 3 aromatic carbocycles. The molecule has 1 amide bonds. The Bertz CT molecular complexity index is 1080. The summed E-state index contributed by atoms with van der Waals surface area (Å²) >= 11 is 6.86. The molecule has 1 aliphatic rings. The number of thioether (sulfide) groups is 1. The van der Waals surface area contributed by atoms with E-state index in [9.17, 15) is 4.79 Å². The molecule has 0 aliphatic carbocycles. The number of ether oxygens (including phenoxy) is 1. The molecule has 1 aliphatic heterocycles. The summed E-state index contributed by atoms with van der Waals surface area (Å²) in [7, 11) is 0. The fourth-order valence-corrected chi connectivity index (χ4v) is 4.43. The fourth-order valence-electron chi connectivity index (χ4n) is 3.14. The molecule has 0 radical (unpaired) electrons. The Kier molecular flexibility index (Phi) is 5.20. The number of hydrogen-bond donors (Lipinski definition) is 0. The van der Waals surface area contributed by atoms with Crippen LogP contribution in [0, 0.1) is 0 Å². The zero-order chi connectivity index (χ0) is 19.7. The quantitative estimate of drug-likeness (QED) is 0.391. The van der Waals surface area contributed by atoms with E-state index in [4.69, 9.17) is 17.0 Å². The van der Waals surface area contributed by atoms with Crippen LogP contribution in [-0.4, -0.2) is 16.3 Å². The maximum atomic E-state index is 13.1. The van der Waals surface area contributed by atoms with Gasteiger partial charge < -0.3 is 4.74 Å². The molecule has 1 fully saturated rings. The average Bonchev–Trinajstić information content (AvgIpc) is 2.96. The molecule has 3 nitrogen and oxygen atoms in total. The average molecular weight is 406 g/mol. The van der Waals surface area contributed by atoms with Crippen molar-refractivity contribution in [3.63, 3.8) is 0 Å². The lowest BCUT2D eigenvalue weighted by Gasteiger charge is -2.17. The van der Waals surface area contributed by atoms with E-state index in [1.165, 1.54) is 11.8 Å². The number of fused-ring (bicyclic) bond motifs is 1. The number of benzene rings is 3. The van der Waals surface area contributed by atoms with Gasteiger partial charge in [-0.05, 0) is 49.1 Å². The van der Waals surface area contributed by atoms with E-state index < -0.39 is 0 Å². The molecule has 4 rings (SSSR count). The van der Waals surface area contributed by atoms with E-state index in [-0.39, 0.29) is 12.0 Å². The van der Waals surface area contributed by atoms with E-state index in [0.29, 0.717) is 9.23 Å². The molecule has 0 spiro atoms. The third-order valence-corrected chi connectivity index (χ3v) is 5.65. The maximum Gasteiger partial charge on any atom is 0.270 e. The zero-order valence-electron chi connectivity index (χ0n) is 15.6. The van der Waals surface area contributed by atoms with Gasteiger partial charge in [-0.25, -0.2) is 0 Å². The second kappa shape index (κ2) is 7.78. The third kappa shape index (κ3) is 3.68. The summed E-state index contributed by atoms with van der Waals surface area (Å²) in [5.41, 5.74) is 1.76. The molecule has 28 heavy (non-hydrogen) atoms. The molecule has 0 aromatic heterocycles. The standard InChI is InChI=1S/C23H19NO2S2/c1-15(2)26-18-12-10-16(11-13-18)14-21-22(25)24(23(27)28-21)20-9-5-7-17-6-3-4-8-19(17)20/h3-15H,1-2H3/b21-14+. The van der Waals surface area contributed by atoms with Gasteiger partial charge in [-0.15, -0.1) is 0 Å². The van der Waals surface area contributed by atoms with Crippen molar-refractivity contribution >= 4 is 56.7 Å². The van der Waals surface area contributed by atoms with Crippen molar-refractivity contribution in [1.29, 1.82) is 0 Å². The highest BCUT2D eigenvalue weighted by atomic mass is 32.2. The number of carbonyl (C=O) groups is 1. The first kappa shape index (κ1) is 18.7. The summed E-state index contributed by atoms with van der Waals surface area (Å²) in [6.07, 6.45) is 2.01. The molecular weight excluding hydrogens is 386 g/mol. The van der Waals surface area contributed by atoms with Crippen LogP contribution in [0.3, 0.4) is 0 Å². The van der Waals surface area contributed by atoms with Crippen LogP contribution in [-0.2, 0) is 4.79 Å². The smallest absolute Gasteiger partial charge is 0.270 e. The zero-order valence-corrected chi connectivity index (χ0v) is 17.2. The fraction of sp³-hybridized carbons (Fsp3) is 0.130. The van der Waals surface area contributed by atoms with Gasteiger partial charge in [0.05, 0.1) is 16.7 Å². The lowest BCUT2D eigenvalue weighted by Crippen LogP contribution is -2.27. The number of carbonyl (C=O) groups excluding carboxylic acids is 1. The van der Waals surface area contributed by atoms with Crippen LogP contribution in [0.4, 0.5) is 5.69 Å². The number of thiocarbonyl (C=S) groups is 1. The highest BCUT2D eigenvalue weighted by molar-refractivity contribution is 8.27. The summed E-state index contributed by atoms with van der Waals surface area (Å²) in [5, 5.41) is 2.09. The van der Waals surface area contributed by atoms with Crippen molar-refractivity contribution in [1.82, 2.24) is 0 Å². The molecular formula is C23H19NO2S2. The first-order valence-electron chi connectivity index (χ1n) is 9.05. The van der Waals surface area contributed by atoms with Crippen LogP contribution in [0.25, 0.3) is 16.8 Å². The number of rotatable bonds is 4. The topological polar surface area (TPSA) is 29.5 Å². The number of anilines is 1. The van der Waals surface area contributed by atoms with Crippen LogP contribution in [0.5, 0.6) is 5.75 Å². The summed E-state index contributed by atoms with van der Waals surface area (Å²) < 4.78 is 6.22. The Hall–Kier alpha value is -2.63. The number of amides is 1. The molecule has 140 valence electrons. The SMILES string of the molecule is CC(C)Oc1ccc(/C=C2/SC(=S)N(c3cccc4ccccc34)C2=O)cc1. The lowest BCUT2D eigenvalue weighted by molar-refractivity contribution is -0.113. The van der Waals surface area contributed by atoms with Gasteiger partial charge in [0.2, 0.25) is 0 Å². The van der Waals surface area contributed by atoms with Crippen molar-refractivity contribution in [2.24, 2.45) is 0 Å². The van der Waals surface area contributed by atoms with E-state index in [1.54, 1.807) is 4.90 Å². The van der Waals surface area contributed by atoms with Crippen LogP contribution in [0.2, 0.25) is 0 Å². The Balaban J connectivity index is 1.64. The third-order valence-electron chi connectivity index (χ3n) is 4.35. The normalized spacial score (nSPS) is 15.8. The molecule has 3 aromatic rings. The lowest BCUT2D eigenvalue weighted by atomic mass is 10.1. The van der Waals surface area contributed by atoms with Gasteiger partial charge >= 0.3 is 0 Å². The predicted octanol–water partition coefficient (Wildman–Crippen LogP) is 6.03. The Morgan fingerprint density at radius 1 is 1.00 bits per heavy atom. The number of nitrogens with zero attached hydrogens (tertiary/aromatic N) is 1. The number of hydrogen-bond acceptors (Lipinski definition) is 4. The van der Waals surface area contributed by atoms with Gasteiger partial charge in [-0.2, -0.15) is 0 Å². The molecule has 0 N–H and O–H groups in total. The predicted molar refractivity (Wildman–Crippen MR) is 122 cm³/mol. The van der Waals surface area contributed by atoms with Crippen LogP contribution in [0.15, 0.2) is 71.6 Å². The van der Waals surface area contributed by atoms with Crippen LogP contribution < -0.4 is 9.64 Å². The monoisotopic (exact) mass is 405 g/mol. The van der Waals surface area contributed by atoms with Crippen LogP contribution >= 0.6 is 24.0 Å². The highest BCUT2D eigenvalue weighted by Crippen LogP contribution is 2.38. The first-order chi connectivity index (χ1) is 13.5. The van der Waals surface area contributed by atoms with Gasteiger partial charge in [-0.1, -0.05) is 72.5 Å². The van der Waals surface area contributed by atoms with Gasteiger partial charge in [0.25, 0.3) is 5.91 Å². The Labute approximate surface area is 174 Å². The van der Waals surface area contributed by atoms with Crippen molar-refractivity contribution in [2.45, 2.75) is 20.0 Å². The van der Waals surface area contributed by atoms with Gasteiger partial charge in [0, 0.05) is 5.39 Å². The highest BCUT2D eigenvalue weighted by Gasteiger charge is 2.34. The van der Waals surface area contributed by atoms with Crippen molar-refractivity contribution in [3.8, 4) is 5.75 Å². The maximum absolute atomic E-state index is 13.1. The van der Waals surface area contributed by atoms with Crippen molar-refractivity contribution < 1.29 is 9.53 Å². The van der Waals surface area contributed by atoms with E-state index in [2.05, 4.69) is 0 Å². The van der Waals surface area contributed by atoms with E-state index >= 15 is 0 Å². The summed E-state index contributed by atoms with van der Waals surface area (Å²) in [6, 6.07) is 21.7. The Morgan fingerprint density at radius 2 is 1.71 bits per heavy atom.